The number of nitro groups is 1. The molecule has 0 aromatic heterocycles. The fourth-order valence-electron chi connectivity index (χ4n) is 1.93. The van der Waals surface area contributed by atoms with Crippen molar-refractivity contribution in [1.29, 1.82) is 0 Å². The molecule has 0 atom stereocenters. The molecule has 0 aliphatic heterocycles. The van der Waals surface area contributed by atoms with Gasteiger partial charge < -0.3 is 10.4 Å². The molecule has 0 spiro atoms. The highest BCUT2D eigenvalue weighted by Crippen LogP contribution is 2.26. The molecule has 0 radical (unpaired) electrons. The predicted molar refractivity (Wildman–Crippen MR) is 73.2 cm³/mol. The van der Waals surface area contributed by atoms with Gasteiger partial charge in [-0.05, 0) is 30.7 Å². The Balaban J connectivity index is 2.21. The Kier molecular flexibility index (Phi) is 4.02. The number of hydrogen-bond acceptors (Lipinski definition) is 4. The summed E-state index contributed by atoms with van der Waals surface area (Å²) in [6.07, 6.45) is 0. The average Bonchev–Trinajstić information content (AvgIpc) is 2.43. The Morgan fingerprint density at radius 3 is 2.48 bits per heavy atom. The van der Waals surface area contributed by atoms with E-state index in [1.807, 2.05) is 0 Å². The van der Waals surface area contributed by atoms with Gasteiger partial charge in [0.05, 0.1) is 4.92 Å². The van der Waals surface area contributed by atoms with E-state index in [2.05, 4.69) is 5.32 Å². The normalized spacial score (nSPS) is 10.4. The molecule has 0 saturated heterocycles. The maximum absolute atomic E-state index is 13.2. The SMILES string of the molecule is Cc1c(NCc2cc(F)c(O)c(F)c2)cccc1[N+](=O)[O-]. The van der Waals surface area contributed by atoms with E-state index < -0.39 is 22.3 Å². The van der Waals surface area contributed by atoms with E-state index in [-0.39, 0.29) is 17.8 Å². The average molecular weight is 294 g/mol. The molecular weight excluding hydrogens is 282 g/mol. The molecule has 0 saturated carbocycles. The minimum atomic E-state index is -1.05. The van der Waals surface area contributed by atoms with E-state index in [1.54, 1.807) is 13.0 Å². The monoisotopic (exact) mass is 294 g/mol. The lowest BCUT2D eigenvalue weighted by Crippen LogP contribution is -2.03. The maximum atomic E-state index is 13.2. The van der Waals surface area contributed by atoms with Gasteiger partial charge in [0.1, 0.15) is 0 Å². The van der Waals surface area contributed by atoms with E-state index in [9.17, 15) is 18.9 Å². The zero-order valence-corrected chi connectivity index (χ0v) is 11.1. The Labute approximate surface area is 119 Å². The molecule has 2 aromatic carbocycles. The summed E-state index contributed by atoms with van der Waals surface area (Å²) in [6, 6.07) is 6.53. The number of anilines is 1. The molecule has 2 aromatic rings. The molecule has 5 nitrogen and oxygen atoms in total. The first-order valence-electron chi connectivity index (χ1n) is 6.05. The fraction of sp³-hybridized carbons (Fsp3) is 0.143. The molecule has 110 valence electrons. The number of phenols is 1. The minimum absolute atomic E-state index is 0.0388. The van der Waals surface area contributed by atoms with Crippen molar-refractivity contribution in [3.05, 3.63) is 63.2 Å². The lowest BCUT2D eigenvalue weighted by atomic mass is 10.1. The standard InChI is InChI=1S/C14H12F2N2O3/c1-8-12(3-2-4-13(8)18(20)21)17-7-9-5-10(15)14(19)11(16)6-9/h2-6,17,19H,7H2,1H3. The molecule has 2 rings (SSSR count). The first-order chi connectivity index (χ1) is 9.90. The van der Waals surface area contributed by atoms with Crippen molar-refractivity contribution in [3.8, 4) is 5.75 Å². The number of phenolic OH excluding ortho intramolecular Hbond substituents is 1. The number of rotatable bonds is 4. The third kappa shape index (κ3) is 3.07. The van der Waals surface area contributed by atoms with Crippen LogP contribution in [0.15, 0.2) is 30.3 Å². The Bertz CT molecular complexity index is 682. The van der Waals surface area contributed by atoms with Crippen LogP contribution in [-0.2, 0) is 6.54 Å². The number of halogens is 2. The third-order valence-electron chi connectivity index (χ3n) is 3.06. The second-order valence-corrected chi connectivity index (χ2v) is 4.47. The quantitative estimate of drug-likeness (QED) is 0.668. The first kappa shape index (κ1) is 14.7. The van der Waals surface area contributed by atoms with Gasteiger partial charge in [-0.1, -0.05) is 6.07 Å². The highest BCUT2D eigenvalue weighted by Gasteiger charge is 2.14. The Hall–Kier alpha value is -2.70. The molecule has 0 heterocycles. The molecular formula is C14H12F2N2O3. The number of nitrogens with zero attached hydrogens (tertiary/aromatic N) is 1. The third-order valence-corrected chi connectivity index (χ3v) is 3.06. The summed E-state index contributed by atoms with van der Waals surface area (Å²) in [5.74, 6) is -3.13. The van der Waals surface area contributed by atoms with Crippen molar-refractivity contribution in [3.63, 3.8) is 0 Å². The van der Waals surface area contributed by atoms with Crippen LogP contribution in [0.5, 0.6) is 5.75 Å². The summed E-state index contributed by atoms with van der Waals surface area (Å²) in [7, 11) is 0. The zero-order chi connectivity index (χ0) is 15.6. The van der Waals surface area contributed by atoms with Gasteiger partial charge in [-0.3, -0.25) is 10.1 Å². The molecule has 0 fully saturated rings. The first-order valence-corrected chi connectivity index (χ1v) is 6.05. The molecule has 21 heavy (non-hydrogen) atoms. The van der Waals surface area contributed by atoms with Crippen molar-refractivity contribution in [2.75, 3.05) is 5.32 Å². The van der Waals surface area contributed by atoms with Crippen LogP contribution in [0.1, 0.15) is 11.1 Å². The largest absolute Gasteiger partial charge is 0.503 e. The van der Waals surface area contributed by atoms with Gasteiger partial charge in [-0.2, -0.15) is 0 Å². The van der Waals surface area contributed by atoms with Crippen LogP contribution in [0.3, 0.4) is 0 Å². The predicted octanol–water partition coefficient (Wildman–Crippen LogP) is 3.50. The molecule has 2 N–H and O–H groups in total. The van der Waals surface area contributed by atoms with Crippen molar-refractivity contribution in [2.45, 2.75) is 13.5 Å². The Morgan fingerprint density at radius 2 is 1.90 bits per heavy atom. The Morgan fingerprint density at radius 1 is 1.29 bits per heavy atom. The lowest BCUT2D eigenvalue weighted by molar-refractivity contribution is -0.385. The van der Waals surface area contributed by atoms with Crippen molar-refractivity contribution in [1.82, 2.24) is 0 Å². The maximum Gasteiger partial charge on any atom is 0.274 e. The van der Waals surface area contributed by atoms with E-state index in [0.717, 1.165) is 12.1 Å². The van der Waals surface area contributed by atoms with Crippen LogP contribution in [0, 0.1) is 28.7 Å². The van der Waals surface area contributed by atoms with Gasteiger partial charge in [0, 0.05) is 23.9 Å². The molecule has 7 heteroatoms. The number of nitro benzene ring substituents is 1. The molecule has 0 aliphatic rings. The van der Waals surface area contributed by atoms with Crippen molar-refractivity contribution < 1.29 is 18.8 Å². The van der Waals surface area contributed by atoms with E-state index in [0.29, 0.717) is 11.3 Å². The highest BCUT2D eigenvalue weighted by molar-refractivity contribution is 5.59. The second-order valence-electron chi connectivity index (χ2n) is 4.47. The van der Waals surface area contributed by atoms with E-state index in [4.69, 9.17) is 5.11 Å². The topological polar surface area (TPSA) is 75.4 Å². The van der Waals surface area contributed by atoms with Gasteiger partial charge in [-0.25, -0.2) is 8.78 Å². The molecule has 0 bridgehead atoms. The van der Waals surface area contributed by atoms with Crippen LogP contribution >= 0.6 is 0 Å². The lowest BCUT2D eigenvalue weighted by Gasteiger charge is -2.10. The zero-order valence-electron chi connectivity index (χ0n) is 11.1. The molecule has 0 unspecified atom stereocenters. The van der Waals surface area contributed by atoms with Crippen LogP contribution in [-0.4, -0.2) is 10.0 Å². The summed E-state index contributed by atoms with van der Waals surface area (Å²) in [6.45, 7) is 1.65. The summed E-state index contributed by atoms with van der Waals surface area (Å²) >= 11 is 0. The number of aromatic hydroxyl groups is 1. The number of nitrogens with one attached hydrogen (secondary N) is 1. The highest BCUT2D eigenvalue weighted by atomic mass is 19.1. The number of hydrogen-bond donors (Lipinski definition) is 2. The fourth-order valence-corrected chi connectivity index (χ4v) is 1.93. The smallest absolute Gasteiger partial charge is 0.274 e. The summed E-state index contributed by atoms with van der Waals surface area (Å²) in [4.78, 5) is 10.3. The number of benzene rings is 2. The molecule has 0 amide bonds. The van der Waals surface area contributed by atoms with Gasteiger partial charge >= 0.3 is 0 Å². The second kappa shape index (κ2) is 5.74. The van der Waals surface area contributed by atoms with Gasteiger partial charge in [-0.15, -0.1) is 0 Å². The van der Waals surface area contributed by atoms with Crippen LogP contribution in [0.2, 0.25) is 0 Å². The van der Waals surface area contributed by atoms with Crippen LogP contribution < -0.4 is 5.32 Å². The van der Waals surface area contributed by atoms with Crippen LogP contribution in [0.25, 0.3) is 0 Å². The summed E-state index contributed by atoms with van der Waals surface area (Å²) in [5, 5.41) is 22.7. The summed E-state index contributed by atoms with van der Waals surface area (Å²) < 4.78 is 26.4. The minimum Gasteiger partial charge on any atom is -0.503 e. The van der Waals surface area contributed by atoms with Crippen LogP contribution in [0.4, 0.5) is 20.2 Å². The van der Waals surface area contributed by atoms with Gasteiger partial charge in [0.15, 0.2) is 17.4 Å². The molecule has 0 aliphatic carbocycles. The van der Waals surface area contributed by atoms with Gasteiger partial charge in [0.25, 0.3) is 5.69 Å². The van der Waals surface area contributed by atoms with Crippen molar-refractivity contribution >= 4 is 11.4 Å². The van der Waals surface area contributed by atoms with E-state index in [1.165, 1.54) is 12.1 Å². The summed E-state index contributed by atoms with van der Waals surface area (Å²) in [5.41, 5.74) is 1.16. The van der Waals surface area contributed by atoms with E-state index >= 15 is 0 Å². The van der Waals surface area contributed by atoms with Crippen molar-refractivity contribution in [2.24, 2.45) is 0 Å². The van der Waals surface area contributed by atoms with Gasteiger partial charge in [0.2, 0.25) is 0 Å².